The predicted molar refractivity (Wildman–Crippen MR) is 63.8 cm³/mol. The zero-order chi connectivity index (χ0) is 11.8. The van der Waals surface area contributed by atoms with Gasteiger partial charge in [0.2, 0.25) is 0 Å². The van der Waals surface area contributed by atoms with E-state index in [1.165, 1.54) is 11.1 Å². The van der Waals surface area contributed by atoms with E-state index in [0.29, 0.717) is 12.8 Å². The summed E-state index contributed by atoms with van der Waals surface area (Å²) in [6.07, 6.45) is 1.54. The van der Waals surface area contributed by atoms with Gasteiger partial charge in [-0.25, -0.2) is 0 Å². The molecule has 0 saturated carbocycles. The number of benzene rings is 1. The Labute approximate surface area is 96.5 Å². The summed E-state index contributed by atoms with van der Waals surface area (Å²) >= 11 is 0. The van der Waals surface area contributed by atoms with Crippen molar-refractivity contribution in [3.63, 3.8) is 0 Å². The average molecular weight is 238 g/mol. The number of hydrogen-bond acceptors (Lipinski definition) is 3. The van der Waals surface area contributed by atoms with E-state index in [0.717, 1.165) is 0 Å². The molecule has 0 fully saturated rings. The van der Waals surface area contributed by atoms with Crippen LogP contribution in [0.3, 0.4) is 0 Å². The Bertz CT molecular complexity index is 406. The summed E-state index contributed by atoms with van der Waals surface area (Å²) in [7, 11) is 0.293. The third kappa shape index (κ3) is 2.37. The molecule has 0 aliphatic heterocycles. The van der Waals surface area contributed by atoms with E-state index in [4.69, 9.17) is 0 Å². The maximum absolute atomic E-state index is 12.1. The zero-order valence-corrected chi connectivity index (χ0v) is 10.6. The van der Waals surface area contributed by atoms with Crippen LogP contribution < -0.4 is 4.89 Å². The van der Waals surface area contributed by atoms with Gasteiger partial charge < -0.3 is 14.4 Å². The summed E-state index contributed by atoms with van der Waals surface area (Å²) in [6.45, 7) is 0. The zero-order valence-electron chi connectivity index (χ0n) is 9.72. The Morgan fingerprint density at radius 3 is 2.25 bits per heavy atom. The fourth-order valence-electron chi connectivity index (χ4n) is 2.32. The molecule has 1 aliphatic rings. The molecule has 0 spiro atoms. The minimum Gasteiger partial charge on any atom is -0.798 e. The lowest BCUT2D eigenvalue weighted by molar-refractivity contribution is -0.179. The smallest absolute Gasteiger partial charge is 0.0388 e. The molecule has 16 heavy (non-hydrogen) atoms. The third-order valence-electron chi connectivity index (χ3n) is 3.07. The highest BCUT2D eigenvalue weighted by Crippen LogP contribution is 2.48. The second-order valence-electron chi connectivity index (χ2n) is 4.78. The maximum atomic E-state index is 12.1. The standard InChI is InChI=1S/C12H18NO2P/c1-13(2)9-16(14,15)12-7-10-5-3-4-6-11(10)8-12/h3-6,12H,7-9H2,1-2H3,(H,14,15)/p-1. The Morgan fingerprint density at radius 1 is 1.31 bits per heavy atom. The first kappa shape index (κ1) is 11.8. The van der Waals surface area contributed by atoms with Crippen molar-refractivity contribution in [3.8, 4) is 0 Å². The van der Waals surface area contributed by atoms with Gasteiger partial charge in [0.25, 0.3) is 0 Å². The largest absolute Gasteiger partial charge is 0.798 e. The molecule has 88 valence electrons. The third-order valence-corrected chi connectivity index (χ3v) is 5.50. The van der Waals surface area contributed by atoms with Gasteiger partial charge in [-0.1, -0.05) is 24.3 Å². The van der Waals surface area contributed by atoms with Crippen LogP contribution in [0, 0.1) is 0 Å². The van der Waals surface area contributed by atoms with E-state index in [1.54, 1.807) is 19.0 Å². The van der Waals surface area contributed by atoms with E-state index in [-0.39, 0.29) is 11.9 Å². The minimum absolute atomic E-state index is 0.172. The van der Waals surface area contributed by atoms with Crippen LogP contribution in [-0.2, 0) is 17.4 Å². The minimum atomic E-state index is -3.30. The molecule has 1 atom stereocenters. The molecule has 1 aliphatic carbocycles. The molecule has 1 aromatic carbocycles. The quantitative estimate of drug-likeness (QED) is 0.746. The lowest BCUT2D eigenvalue weighted by atomic mass is 10.1. The molecular weight excluding hydrogens is 221 g/mol. The highest BCUT2D eigenvalue weighted by atomic mass is 31.2. The fraction of sp³-hybridized carbons (Fsp3) is 0.500. The maximum Gasteiger partial charge on any atom is 0.0388 e. The summed E-state index contributed by atoms with van der Waals surface area (Å²) in [5.74, 6) is 0. The summed E-state index contributed by atoms with van der Waals surface area (Å²) in [4.78, 5) is 13.8. The molecule has 1 aromatic rings. The topological polar surface area (TPSA) is 43.4 Å². The van der Waals surface area contributed by atoms with Crippen molar-refractivity contribution in [2.45, 2.75) is 18.5 Å². The van der Waals surface area contributed by atoms with Gasteiger partial charge in [0.15, 0.2) is 0 Å². The predicted octanol–water partition coefficient (Wildman–Crippen LogP) is 1.31. The van der Waals surface area contributed by atoms with Gasteiger partial charge in [-0.15, -0.1) is 0 Å². The molecular formula is C12H17NO2P-. The van der Waals surface area contributed by atoms with Gasteiger partial charge in [0, 0.05) is 19.3 Å². The molecule has 1 unspecified atom stereocenters. The van der Waals surface area contributed by atoms with Gasteiger partial charge in [-0.2, -0.15) is 0 Å². The van der Waals surface area contributed by atoms with Crippen LogP contribution in [-0.4, -0.2) is 30.9 Å². The Balaban J connectivity index is 2.14. The summed E-state index contributed by atoms with van der Waals surface area (Å²) in [5.41, 5.74) is 2.19. The van der Waals surface area contributed by atoms with Crippen LogP contribution in [0.15, 0.2) is 24.3 Å². The van der Waals surface area contributed by atoms with Crippen molar-refractivity contribution in [1.29, 1.82) is 0 Å². The first-order valence-electron chi connectivity index (χ1n) is 5.50. The summed E-state index contributed by atoms with van der Waals surface area (Å²) in [6, 6.07) is 8.02. The van der Waals surface area contributed by atoms with Crippen molar-refractivity contribution in [2.24, 2.45) is 0 Å². The van der Waals surface area contributed by atoms with E-state index < -0.39 is 7.37 Å². The molecule has 2 rings (SSSR count). The molecule has 0 aromatic heterocycles. The first-order chi connectivity index (χ1) is 7.49. The Kier molecular flexibility index (Phi) is 3.20. The highest BCUT2D eigenvalue weighted by Gasteiger charge is 2.29. The van der Waals surface area contributed by atoms with E-state index in [9.17, 15) is 9.46 Å². The van der Waals surface area contributed by atoms with Crippen LogP contribution in [0.1, 0.15) is 11.1 Å². The normalized spacial score (nSPS) is 19.8. The van der Waals surface area contributed by atoms with Crippen molar-refractivity contribution >= 4 is 7.37 Å². The summed E-state index contributed by atoms with van der Waals surface area (Å²) in [5, 5.41) is 0. The van der Waals surface area contributed by atoms with E-state index in [2.05, 4.69) is 0 Å². The fourth-order valence-corrected chi connectivity index (χ4v) is 4.29. The van der Waals surface area contributed by atoms with Crippen LogP contribution in [0.4, 0.5) is 0 Å². The van der Waals surface area contributed by atoms with Crippen molar-refractivity contribution < 1.29 is 9.46 Å². The molecule has 3 nitrogen and oxygen atoms in total. The van der Waals surface area contributed by atoms with Crippen LogP contribution >= 0.6 is 7.37 Å². The van der Waals surface area contributed by atoms with Crippen LogP contribution in [0.25, 0.3) is 0 Å². The Morgan fingerprint density at radius 2 is 1.81 bits per heavy atom. The lowest BCUT2D eigenvalue weighted by Gasteiger charge is -2.32. The Hall–Kier alpha value is -0.630. The molecule has 0 bridgehead atoms. The second kappa shape index (κ2) is 4.33. The van der Waals surface area contributed by atoms with E-state index >= 15 is 0 Å². The number of hydrogen-bond donors (Lipinski definition) is 0. The van der Waals surface area contributed by atoms with Crippen LogP contribution in [0.5, 0.6) is 0 Å². The average Bonchev–Trinajstić information content (AvgIpc) is 2.59. The van der Waals surface area contributed by atoms with Gasteiger partial charge in [0.1, 0.15) is 0 Å². The lowest BCUT2D eigenvalue weighted by Crippen LogP contribution is -2.27. The van der Waals surface area contributed by atoms with Crippen LogP contribution in [0.2, 0.25) is 0 Å². The molecule has 4 heteroatoms. The molecule has 0 amide bonds. The summed E-state index contributed by atoms with van der Waals surface area (Å²) < 4.78 is 12.1. The number of fused-ring (bicyclic) bond motifs is 1. The van der Waals surface area contributed by atoms with Gasteiger partial charge in [-0.3, -0.25) is 0 Å². The van der Waals surface area contributed by atoms with Crippen molar-refractivity contribution in [3.05, 3.63) is 35.4 Å². The van der Waals surface area contributed by atoms with Gasteiger partial charge >= 0.3 is 0 Å². The first-order valence-corrected chi connectivity index (χ1v) is 7.38. The monoisotopic (exact) mass is 238 g/mol. The number of nitrogens with zero attached hydrogens (tertiary/aromatic N) is 1. The SMILES string of the molecule is CN(C)CP(=O)([O-])C1Cc2ccccc2C1. The van der Waals surface area contributed by atoms with E-state index in [1.807, 2.05) is 24.3 Å². The molecule has 0 radical (unpaired) electrons. The molecule has 0 N–H and O–H groups in total. The highest BCUT2D eigenvalue weighted by molar-refractivity contribution is 7.57. The molecule has 0 heterocycles. The molecule has 0 saturated heterocycles. The van der Waals surface area contributed by atoms with Gasteiger partial charge in [0.05, 0.1) is 0 Å². The second-order valence-corrected chi connectivity index (χ2v) is 7.24. The van der Waals surface area contributed by atoms with Gasteiger partial charge in [-0.05, 0) is 38.1 Å². The number of rotatable bonds is 3. The van der Waals surface area contributed by atoms with Crippen molar-refractivity contribution in [2.75, 3.05) is 20.4 Å². The van der Waals surface area contributed by atoms with Crippen molar-refractivity contribution in [1.82, 2.24) is 4.90 Å².